The van der Waals surface area contributed by atoms with Crippen LogP contribution in [0.3, 0.4) is 0 Å². The van der Waals surface area contributed by atoms with Crippen molar-refractivity contribution in [3.8, 4) is 0 Å². The van der Waals surface area contributed by atoms with Gasteiger partial charge in [-0.1, -0.05) is 0 Å². The van der Waals surface area contributed by atoms with Crippen molar-refractivity contribution in [3.63, 3.8) is 0 Å². The predicted molar refractivity (Wildman–Crippen MR) is 67.1 cm³/mol. The van der Waals surface area contributed by atoms with E-state index in [1.807, 2.05) is 39.1 Å². The maximum atomic E-state index is 9.64. The zero-order chi connectivity index (χ0) is 12.6. The summed E-state index contributed by atoms with van der Waals surface area (Å²) in [7, 11) is 0. The summed E-state index contributed by atoms with van der Waals surface area (Å²) >= 11 is 0. The normalized spacial score (nSPS) is 13.9. The Morgan fingerprint density at radius 3 is 2.82 bits per heavy atom. The molecule has 92 valence electrons. The number of hydrogen-bond acceptors (Lipinski definition) is 4. The monoisotopic (exact) mass is 234 g/mol. The number of rotatable bonds is 3. The van der Waals surface area contributed by atoms with Gasteiger partial charge < -0.3 is 10.4 Å². The second kappa shape index (κ2) is 4.00. The fraction of sp³-hybridized carbons (Fsp3) is 0.500. The molecule has 0 amide bonds. The Balaban J connectivity index is 2.31. The summed E-state index contributed by atoms with van der Waals surface area (Å²) in [6.07, 6.45) is 1.38. The standard InChI is InChI=1S/C12H18N4O/c1-8-5-6-16-10(7-8)13-11(15-16)14-12(3,4)9(2)17/h5-7,9,17H,1-4H3,(H,14,15). The van der Waals surface area contributed by atoms with Gasteiger partial charge in [0.1, 0.15) is 0 Å². The van der Waals surface area contributed by atoms with Crippen LogP contribution >= 0.6 is 0 Å². The Kier molecular flexibility index (Phi) is 2.79. The van der Waals surface area contributed by atoms with E-state index in [0.29, 0.717) is 5.95 Å². The van der Waals surface area contributed by atoms with E-state index in [0.717, 1.165) is 11.2 Å². The van der Waals surface area contributed by atoms with Gasteiger partial charge in [-0.25, -0.2) is 4.52 Å². The van der Waals surface area contributed by atoms with E-state index in [2.05, 4.69) is 15.4 Å². The van der Waals surface area contributed by atoms with Crippen LogP contribution in [0.4, 0.5) is 5.95 Å². The molecule has 17 heavy (non-hydrogen) atoms. The summed E-state index contributed by atoms with van der Waals surface area (Å²) in [5.41, 5.74) is 1.49. The van der Waals surface area contributed by atoms with Crippen LogP contribution in [0.15, 0.2) is 18.3 Å². The summed E-state index contributed by atoms with van der Waals surface area (Å²) in [4.78, 5) is 4.37. The van der Waals surface area contributed by atoms with Crippen molar-refractivity contribution in [2.75, 3.05) is 5.32 Å². The van der Waals surface area contributed by atoms with Gasteiger partial charge in [0.25, 0.3) is 0 Å². The quantitative estimate of drug-likeness (QED) is 0.847. The van der Waals surface area contributed by atoms with Gasteiger partial charge in [0.2, 0.25) is 5.95 Å². The minimum atomic E-state index is -0.490. The number of pyridine rings is 1. The van der Waals surface area contributed by atoms with Crippen LogP contribution in [-0.4, -0.2) is 31.3 Å². The molecule has 0 aliphatic rings. The molecule has 2 N–H and O–H groups in total. The smallest absolute Gasteiger partial charge is 0.243 e. The highest BCUT2D eigenvalue weighted by molar-refractivity contribution is 5.46. The Hall–Kier alpha value is -1.62. The number of aliphatic hydroxyl groups excluding tert-OH is 1. The number of aromatic nitrogens is 3. The van der Waals surface area contributed by atoms with Crippen LogP contribution < -0.4 is 5.32 Å². The molecular weight excluding hydrogens is 216 g/mol. The first-order valence-corrected chi connectivity index (χ1v) is 5.68. The molecule has 0 aliphatic carbocycles. The van der Waals surface area contributed by atoms with Crippen molar-refractivity contribution in [1.29, 1.82) is 0 Å². The van der Waals surface area contributed by atoms with Crippen molar-refractivity contribution in [2.45, 2.75) is 39.3 Å². The van der Waals surface area contributed by atoms with Crippen LogP contribution in [0.25, 0.3) is 5.65 Å². The van der Waals surface area contributed by atoms with E-state index in [1.165, 1.54) is 0 Å². The van der Waals surface area contributed by atoms with Gasteiger partial charge >= 0.3 is 0 Å². The molecule has 0 radical (unpaired) electrons. The van der Waals surface area contributed by atoms with Gasteiger partial charge in [-0.05, 0) is 45.4 Å². The summed E-state index contributed by atoms with van der Waals surface area (Å²) in [5, 5.41) is 17.1. The molecule has 0 aliphatic heterocycles. The lowest BCUT2D eigenvalue weighted by atomic mass is 9.99. The predicted octanol–water partition coefficient (Wildman–Crippen LogP) is 1.61. The first-order chi connectivity index (χ1) is 7.88. The lowest BCUT2D eigenvalue weighted by molar-refractivity contribution is 0.132. The number of nitrogens with zero attached hydrogens (tertiary/aromatic N) is 3. The minimum absolute atomic E-state index is 0.458. The molecule has 2 rings (SSSR count). The summed E-state index contributed by atoms with van der Waals surface area (Å²) < 4.78 is 1.72. The van der Waals surface area contributed by atoms with Crippen LogP contribution in [0, 0.1) is 6.92 Å². The van der Waals surface area contributed by atoms with Crippen molar-refractivity contribution >= 4 is 11.6 Å². The molecule has 1 atom stereocenters. The van der Waals surface area contributed by atoms with Crippen molar-refractivity contribution in [1.82, 2.24) is 14.6 Å². The zero-order valence-electron chi connectivity index (χ0n) is 10.6. The minimum Gasteiger partial charge on any atom is -0.391 e. The van der Waals surface area contributed by atoms with Gasteiger partial charge in [-0.3, -0.25) is 0 Å². The summed E-state index contributed by atoms with van der Waals surface area (Å²) in [6, 6.07) is 3.94. The van der Waals surface area contributed by atoms with Gasteiger partial charge in [0, 0.05) is 6.20 Å². The van der Waals surface area contributed by atoms with Crippen molar-refractivity contribution in [2.24, 2.45) is 0 Å². The maximum Gasteiger partial charge on any atom is 0.243 e. The Morgan fingerprint density at radius 1 is 1.47 bits per heavy atom. The Morgan fingerprint density at radius 2 is 2.18 bits per heavy atom. The average molecular weight is 234 g/mol. The average Bonchev–Trinajstić information content (AvgIpc) is 2.57. The van der Waals surface area contributed by atoms with Crippen molar-refractivity contribution in [3.05, 3.63) is 23.9 Å². The molecule has 2 aromatic heterocycles. The van der Waals surface area contributed by atoms with Gasteiger partial charge in [0.05, 0.1) is 11.6 Å². The number of nitrogens with one attached hydrogen (secondary N) is 1. The van der Waals surface area contributed by atoms with Gasteiger partial charge in [0.15, 0.2) is 5.65 Å². The van der Waals surface area contributed by atoms with E-state index >= 15 is 0 Å². The highest BCUT2D eigenvalue weighted by Crippen LogP contribution is 2.16. The highest BCUT2D eigenvalue weighted by atomic mass is 16.3. The molecule has 0 fully saturated rings. The third-order valence-corrected chi connectivity index (χ3v) is 2.97. The lowest BCUT2D eigenvalue weighted by Gasteiger charge is -2.28. The lowest BCUT2D eigenvalue weighted by Crippen LogP contribution is -2.42. The van der Waals surface area contributed by atoms with Crippen LogP contribution in [0.2, 0.25) is 0 Å². The molecule has 2 aromatic rings. The Bertz CT molecular complexity index is 530. The topological polar surface area (TPSA) is 62.5 Å². The van der Waals surface area contributed by atoms with Crippen LogP contribution in [0.1, 0.15) is 26.3 Å². The molecule has 0 aromatic carbocycles. The van der Waals surface area contributed by atoms with E-state index in [-0.39, 0.29) is 0 Å². The number of aryl methyl sites for hydroxylation is 1. The molecule has 5 nitrogen and oxygen atoms in total. The number of aliphatic hydroxyl groups is 1. The highest BCUT2D eigenvalue weighted by Gasteiger charge is 2.25. The largest absolute Gasteiger partial charge is 0.391 e. The second-order valence-electron chi connectivity index (χ2n) is 4.96. The second-order valence-corrected chi connectivity index (χ2v) is 4.96. The maximum absolute atomic E-state index is 9.64. The number of hydrogen-bond donors (Lipinski definition) is 2. The fourth-order valence-corrected chi connectivity index (χ4v) is 1.43. The van der Waals surface area contributed by atoms with Gasteiger partial charge in [-0.15, -0.1) is 5.10 Å². The third-order valence-electron chi connectivity index (χ3n) is 2.97. The Labute approximate surface area is 100 Å². The van der Waals surface area contributed by atoms with Crippen LogP contribution in [-0.2, 0) is 0 Å². The molecule has 2 heterocycles. The van der Waals surface area contributed by atoms with Crippen molar-refractivity contribution < 1.29 is 5.11 Å². The molecule has 1 unspecified atom stereocenters. The molecule has 0 spiro atoms. The van der Waals surface area contributed by atoms with E-state index in [9.17, 15) is 5.11 Å². The molecule has 5 heteroatoms. The molecule has 0 bridgehead atoms. The SMILES string of the molecule is Cc1ccn2nc(NC(C)(C)C(C)O)nc2c1. The van der Waals surface area contributed by atoms with Gasteiger partial charge in [-0.2, -0.15) is 4.98 Å². The van der Waals surface area contributed by atoms with E-state index in [1.54, 1.807) is 11.4 Å². The van der Waals surface area contributed by atoms with E-state index in [4.69, 9.17) is 0 Å². The molecule has 0 saturated heterocycles. The fourth-order valence-electron chi connectivity index (χ4n) is 1.43. The summed E-state index contributed by atoms with van der Waals surface area (Å²) in [5.74, 6) is 0.529. The first kappa shape index (κ1) is 11.9. The third kappa shape index (κ3) is 2.39. The van der Waals surface area contributed by atoms with E-state index < -0.39 is 11.6 Å². The van der Waals surface area contributed by atoms with Crippen LogP contribution in [0.5, 0.6) is 0 Å². The zero-order valence-corrected chi connectivity index (χ0v) is 10.6. The molecular formula is C12H18N4O. The summed E-state index contributed by atoms with van der Waals surface area (Å²) in [6.45, 7) is 7.58. The number of anilines is 1. The number of fused-ring (bicyclic) bond motifs is 1. The molecule has 0 saturated carbocycles. The first-order valence-electron chi connectivity index (χ1n) is 5.68.